The Balaban J connectivity index is 1.35. The largest absolute Gasteiger partial charge is 0.493 e. The number of nitrogens with zero attached hydrogens (tertiary/aromatic N) is 2. The van der Waals surface area contributed by atoms with Crippen LogP contribution in [0.2, 0.25) is 0 Å². The summed E-state index contributed by atoms with van der Waals surface area (Å²) in [6.45, 7) is 0.962. The van der Waals surface area contributed by atoms with Crippen molar-refractivity contribution in [3.63, 3.8) is 0 Å². The fourth-order valence-corrected chi connectivity index (χ4v) is 5.18. The molecule has 2 atom stereocenters. The van der Waals surface area contributed by atoms with Crippen molar-refractivity contribution < 1.29 is 9.47 Å². The quantitative estimate of drug-likeness (QED) is 0.772. The maximum atomic E-state index is 6.20. The molecule has 0 radical (unpaired) electrons. The second-order valence-corrected chi connectivity index (χ2v) is 8.17. The molecule has 0 unspecified atom stereocenters. The molecule has 2 aliphatic heterocycles. The number of ether oxygens (including phenoxy) is 2. The third-order valence-corrected chi connectivity index (χ3v) is 6.55. The Bertz CT molecular complexity index is 816. The SMILES string of the molecule is COc1cc(CN2[C@H]3CC[C@H]2c2cccnc2C3)ccc1OC1CCCC1. The lowest BCUT2D eigenvalue weighted by molar-refractivity contribution is 0.166. The Labute approximate surface area is 161 Å². The van der Waals surface area contributed by atoms with Crippen LogP contribution in [0.25, 0.3) is 0 Å². The molecule has 1 saturated carbocycles. The fourth-order valence-electron chi connectivity index (χ4n) is 5.18. The van der Waals surface area contributed by atoms with Gasteiger partial charge in [-0.1, -0.05) is 12.1 Å². The lowest BCUT2D eigenvalue weighted by atomic mass is 9.97. The van der Waals surface area contributed by atoms with Gasteiger partial charge in [0, 0.05) is 36.9 Å². The van der Waals surface area contributed by atoms with E-state index in [1.54, 1.807) is 7.11 Å². The van der Waals surface area contributed by atoms with Crippen molar-refractivity contribution in [2.75, 3.05) is 7.11 Å². The molecule has 2 aromatic rings. The Morgan fingerprint density at radius 3 is 2.81 bits per heavy atom. The molecule has 0 N–H and O–H groups in total. The summed E-state index contributed by atoms with van der Waals surface area (Å²) in [6.07, 6.45) is 10.7. The van der Waals surface area contributed by atoms with Crippen LogP contribution in [-0.4, -0.2) is 29.1 Å². The lowest BCUT2D eigenvalue weighted by Crippen LogP contribution is -2.37. The Hall–Kier alpha value is -2.07. The van der Waals surface area contributed by atoms with Gasteiger partial charge >= 0.3 is 0 Å². The van der Waals surface area contributed by atoms with Crippen LogP contribution in [0, 0.1) is 0 Å². The minimum atomic E-state index is 0.353. The standard InChI is InChI=1S/C23H28N2O2/c1-26-23-13-16(8-11-22(23)27-18-5-2-3-6-18)15-25-17-9-10-21(25)19-7-4-12-24-20(19)14-17/h4,7-8,11-13,17-18,21H,2-3,5-6,9-10,14-15H2,1H3/t17-,21-/m0/s1. The van der Waals surface area contributed by atoms with E-state index in [9.17, 15) is 0 Å². The van der Waals surface area contributed by atoms with E-state index in [0.717, 1.165) is 37.3 Å². The zero-order valence-corrected chi connectivity index (χ0v) is 16.1. The zero-order chi connectivity index (χ0) is 18.2. The molecule has 0 spiro atoms. The van der Waals surface area contributed by atoms with E-state index in [1.807, 2.05) is 6.20 Å². The van der Waals surface area contributed by atoms with Crippen molar-refractivity contribution in [1.82, 2.24) is 9.88 Å². The summed E-state index contributed by atoms with van der Waals surface area (Å²) < 4.78 is 11.9. The van der Waals surface area contributed by atoms with Crippen molar-refractivity contribution in [3.8, 4) is 11.5 Å². The van der Waals surface area contributed by atoms with E-state index in [2.05, 4.69) is 40.2 Å². The molecule has 142 valence electrons. The van der Waals surface area contributed by atoms with Gasteiger partial charge in [-0.3, -0.25) is 9.88 Å². The van der Waals surface area contributed by atoms with Crippen LogP contribution in [0.3, 0.4) is 0 Å². The van der Waals surface area contributed by atoms with Crippen molar-refractivity contribution in [2.45, 2.75) is 69.7 Å². The number of benzene rings is 1. The van der Waals surface area contributed by atoms with Gasteiger partial charge in [-0.2, -0.15) is 0 Å². The fraction of sp³-hybridized carbons (Fsp3) is 0.522. The molecule has 2 fully saturated rings. The predicted molar refractivity (Wildman–Crippen MR) is 105 cm³/mol. The number of aromatic nitrogens is 1. The molecule has 1 aliphatic carbocycles. The number of hydrogen-bond acceptors (Lipinski definition) is 4. The predicted octanol–water partition coefficient (Wildman–Crippen LogP) is 4.67. The summed E-state index contributed by atoms with van der Waals surface area (Å²) in [5, 5.41) is 0. The van der Waals surface area contributed by atoms with E-state index in [1.165, 1.54) is 42.5 Å². The van der Waals surface area contributed by atoms with Gasteiger partial charge in [-0.15, -0.1) is 0 Å². The molecule has 4 nitrogen and oxygen atoms in total. The highest BCUT2D eigenvalue weighted by atomic mass is 16.5. The van der Waals surface area contributed by atoms with Crippen LogP contribution in [0.4, 0.5) is 0 Å². The second-order valence-electron chi connectivity index (χ2n) is 8.17. The number of pyridine rings is 1. The normalized spacial score (nSPS) is 24.8. The first-order chi connectivity index (χ1) is 13.3. The Kier molecular flexibility index (Phi) is 4.52. The molecule has 4 heteroatoms. The smallest absolute Gasteiger partial charge is 0.161 e. The van der Waals surface area contributed by atoms with Gasteiger partial charge in [0.25, 0.3) is 0 Å². The van der Waals surface area contributed by atoms with Gasteiger partial charge in [0.05, 0.1) is 13.2 Å². The minimum absolute atomic E-state index is 0.353. The Morgan fingerprint density at radius 2 is 1.96 bits per heavy atom. The van der Waals surface area contributed by atoms with Gasteiger partial charge in [0.15, 0.2) is 11.5 Å². The maximum Gasteiger partial charge on any atom is 0.161 e. The molecular weight excluding hydrogens is 336 g/mol. The van der Waals surface area contributed by atoms with Gasteiger partial charge in [-0.05, 0) is 67.9 Å². The molecule has 27 heavy (non-hydrogen) atoms. The molecule has 1 saturated heterocycles. The zero-order valence-electron chi connectivity index (χ0n) is 16.1. The third-order valence-electron chi connectivity index (χ3n) is 6.55. The van der Waals surface area contributed by atoms with Gasteiger partial charge in [-0.25, -0.2) is 0 Å². The molecule has 1 aromatic heterocycles. The van der Waals surface area contributed by atoms with Gasteiger partial charge < -0.3 is 9.47 Å². The van der Waals surface area contributed by atoms with Crippen LogP contribution < -0.4 is 9.47 Å². The van der Waals surface area contributed by atoms with Crippen molar-refractivity contribution in [2.24, 2.45) is 0 Å². The number of hydrogen-bond donors (Lipinski definition) is 0. The van der Waals surface area contributed by atoms with Crippen LogP contribution in [0.15, 0.2) is 36.5 Å². The molecule has 1 aromatic carbocycles. The van der Waals surface area contributed by atoms with Crippen molar-refractivity contribution >= 4 is 0 Å². The number of methoxy groups -OCH3 is 1. The van der Waals surface area contributed by atoms with E-state index >= 15 is 0 Å². The molecule has 5 rings (SSSR count). The van der Waals surface area contributed by atoms with E-state index < -0.39 is 0 Å². The second kappa shape index (κ2) is 7.16. The summed E-state index contributed by atoms with van der Waals surface area (Å²) in [6, 6.07) is 11.9. The summed E-state index contributed by atoms with van der Waals surface area (Å²) in [7, 11) is 1.74. The first-order valence-corrected chi connectivity index (χ1v) is 10.3. The highest BCUT2D eigenvalue weighted by Crippen LogP contribution is 2.44. The number of fused-ring (bicyclic) bond motifs is 4. The first kappa shape index (κ1) is 17.1. The summed E-state index contributed by atoms with van der Waals surface area (Å²) in [5.41, 5.74) is 4.04. The monoisotopic (exact) mass is 364 g/mol. The highest BCUT2D eigenvalue weighted by molar-refractivity contribution is 5.43. The molecule has 0 amide bonds. The average molecular weight is 364 g/mol. The molecule has 2 bridgehead atoms. The summed E-state index contributed by atoms with van der Waals surface area (Å²) >= 11 is 0. The van der Waals surface area contributed by atoms with E-state index in [-0.39, 0.29) is 0 Å². The van der Waals surface area contributed by atoms with Crippen LogP contribution in [0.1, 0.15) is 61.4 Å². The molecule has 3 aliphatic rings. The van der Waals surface area contributed by atoms with Gasteiger partial charge in [0.2, 0.25) is 0 Å². The van der Waals surface area contributed by atoms with E-state index in [4.69, 9.17) is 9.47 Å². The highest BCUT2D eigenvalue weighted by Gasteiger charge is 2.40. The topological polar surface area (TPSA) is 34.6 Å². The minimum Gasteiger partial charge on any atom is -0.493 e. The van der Waals surface area contributed by atoms with Gasteiger partial charge in [0.1, 0.15) is 0 Å². The number of rotatable bonds is 5. The van der Waals surface area contributed by atoms with Crippen LogP contribution in [0.5, 0.6) is 11.5 Å². The van der Waals surface area contributed by atoms with Crippen molar-refractivity contribution in [3.05, 3.63) is 53.3 Å². The summed E-state index contributed by atoms with van der Waals surface area (Å²) in [4.78, 5) is 7.29. The van der Waals surface area contributed by atoms with Crippen LogP contribution in [-0.2, 0) is 13.0 Å². The average Bonchev–Trinajstić information content (AvgIpc) is 3.30. The maximum absolute atomic E-state index is 6.20. The van der Waals surface area contributed by atoms with Crippen molar-refractivity contribution in [1.29, 1.82) is 0 Å². The first-order valence-electron chi connectivity index (χ1n) is 10.3. The molecular formula is C23H28N2O2. The lowest BCUT2D eigenvalue weighted by Gasteiger charge is -2.35. The van der Waals surface area contributed by atoms with Crippen LogP contribution >= 0.6 is 0 Å². The Morgan fingerprint density at radius 1 is 1.07 bits per heavy atom. The molecule has 3 heterocycles. The summed E-state index contributed by atoms with van der Waals surface area (Å²) in [5.74, 6) is 1.76. The third kappa shape index (κ3) is 3.20. The van der Waals surface area contributed by atoms with E-state index in [0.29, 0.717) is 18.2 Å².